The minimum absolute atomic E-state index is 0.878. The van der Waals surface area contributed by atoms with E-state index in [4.69, 9.17) is 4.42 Å². The molecular formula is C70H46N2O. The summed E-state index contributed by atoms with van der Waals surface area (Å²) in [6.07, 6.45) is 0. The number of para-hydroxylation sites is 4. The van der Waals surface area contributed by atoms with Gasteiger partial charge >= 0.3 is 0 Å². The van der Waals surface area contributed by atoms with Gasteiger partial charge in [-0.2, -0.15) is 0 Å². The summed E-state index contributed by atoms with van der Waals surface area (Å²) in [7, 11) is 0. The first-order valence-corrected chi connectivity index (χ1v) is 25.0. The topological polar surface area (TPSA) is 21.3 Å². The van der Waals surface area contributed by atoms with Crippen molar-refractivity contribution in [1.82, 2.24) is 4.57 Å². The van der Waals surface area contributed by atoms with Gasteiger partial charge in [0.25, 0.3) is 0 Å². The zero-order chi connectivity index (χ0) is 48.2. The van der Waals surface area contributed by atoms with Gasteiger partial charge in [-0.05, 0) is 134 Å². The van der Waals surface area contributed by atoms with E-state index in [1.165, 1.54) is 60.4 Å². The van der Waals surface area contributed by atoms with Crippen LogP contribution in [0.5, 0.6) is 0 Å². The highest BCUT2D eigenvalue weighted by molar-refractivity contribution is 6.12. The Morgan fingerprint density at radius 2 is 0.781 bits per heavy atom. The number of aromatic nitrogens is 1. The zero-order valence-corrected chi connectivity index (χ0v) is 39.9. The Morgan fingerprint density at radius 3 is 1.48 bits per heavy atom. The highest BCUT2D eigenvalue weighted by Gasteiger charge is 2.21. The third kappa shape index (κ3) is 7.37. The van der Waals surface area contributed by atoms with E-state index in [1.54, 1.807) is 0 Å². The van der Waals surface area contributed by atoms with Crippen molar-refractivity contribution in [3.8, 4) is 61.3 Å². The minimum atomic E-state index is 0.878. The molecule has 0 N–H and O–H groups in total. The molecule has 3 nitrogen and oxygen atoms in total. The second-order valence-corrected chi connectivity index (χ2v) is 18.8. The molecule has 2 aromatic heterocycles. The van der Waals surface area contributed by atoms with Crippen molar-refractivity contribution in [3.63, 3.8) is 0 Å². The highest BCUT2D eigenvalue weighted by Crippen LogP contribution is 2.45. The first-order chi connectivity index (χ1) is 36.2. The summed E-state index contributed by atoms with van der Waals surface area (Å²) < 4.78 is 8.90. The van der Waals surface area contributed by atoms with Crippen LogP contribution in [0.15, 0.2) is 283 Å². The predicted molar refractivity (Wildman–Crippen MR) is 307 cm³/mol. The number of benzene rings is 12. The number of fused-ring (bicyclic) bond motifs is 7. The molecule has 0 saturated carbocycles. The summed E-state index contributed by atoms with van der Waals surface area (Å²) in [6.45, 7) is 0. The van der Waals surface area contributed by atoms with Crippen LogP contribution in [0.2, 0.25) is 0 Å². The molecule has 0 spiro atoms. The van der Waals surface area contributed by atoms with Gasteiger partial charge in [0.1, 0.15) is 11.2 Å². The van der Waals surface area contributed by atoms with E-state index < -0.39 is 0 Å². The Hall–Kier alpha value is -9.70. The molecule has 2 heterocycles. The van der Waals surface area contributed by atoms with Crippen molar-refractivity contribution < 1.29 is 4.42 Å². The molecule has 0 saturated heterocycles. The van der Waals surface area contributed by atoms with Crippen molar-refractivity contribution in [1.29, 1.82) is 0 Å². The van der Waals surface area contributed by atoms with E-state index >= 15 is 0 Å². The monoisotopic (exact) mass is 930 g/mol. The molecule has 0 aliphatic heterocycles. The molecule has 14 aromatic rings. The largest absolute Gasteiger partial charge is 0.456 e. The van der Waals surface area contributed by atoms with Crippen LogP contribution in [-0.2, 0) is 0 Å². The van der Waals surface area contributed by atoms with Crippen molar-refractivity contribution in [2.75, 3.05) is 4.90 Å². The number of rotatable bonds is 9. The van der Waals surface area contributed by atoms with Crippen molar-refractivity contribution >= 4 is 71.6 Å². The van der Waals surface area contributed by atoms with E-state index in [2.05, 4.69) is 289 Å². The fourth-order valence-corrected chi connectivity index (χ4v) is 11.1. The van der Waals surface area contributed by atoms with Gasteiger partial charge in [-0.1, -0.05) is 200 Å². The summed E-state index contributed by atoms with van der Waals surface area (Å²) in [5.41, 5.74) is 20.2. The Labute approximate surface area is 423 Å². The fraction of sp³-hybridized carbons (Fsp3) is 0. The van der Waals surface area contributed by atoms with E-state index in [1.807, 2.05) is 0 Å². The van der Waals surface area contributed by atoms with Gasteiger partial charge in [0.05, 0.1) is 22.4 Å². The lowest BCUT2D eigenvalue weighted by atomic mass is 9.91. The van der Waals surface area contributed by atoms with Gasteiger partial charge in [-0.25, -0.2) is 0 Å². The third-order valence-corrected chi connectivity index (χ3v) is 14.6. The SMILES string of the molecule is c1ccc(-c2ccc(-c3ccc(N(c4ccc(-c5ccccc5-n5c6ccccc6c6ccccc65)cc4)c4ccccc4-c4ccc5oc6cc7ccccc7cc6c5c4)cc3)cc2-c2ccccc2)cc1. The van der Waals surface area contributed by atoms with Crippen LogP contribution in [0.4, 0.5) is 17.1 Å². The third-order valence-electron chi connectivity index (χ3n) is 14.6. The standard InChI is InChI=1S/C70H46N2O/c1-3-17-48(18-4-1)57-41-35-53(43-62(57)49-19-5-2-6-20-49)47-31-37-55(38-32-47)71(65-27-13-10-24-59(65)54-36-42-69-63(45-54)64-44-51-21-7-8-22-52(51)46-70(64)73-69)56-39-33-50(34-40-56)58-23-9-14-28-66(58)72-67-29-15-11-25-60(67)61-26-12-16-30-68(61)72/h1-46H. The Kier molecular flexibility index (Phi) is 10.2. The van der Waals surface area contributed by atoms with Gasteiger partial charge < -0.3 is 13.9 Å². The molecule has 14 rings (SSSR count). The second-order valence-electron chi connectivity index (χ2n) is 18.8. The summed E-state index contributed by atoms with van der Waals surface area (Å²) in [6, 6.07) is 101. The van der Waals surface area contributed by atoms with Gasteiger partial charge in [0, 0.05) is 44.0 Å². The smallest absolute Gasteiger partial charge is 0.136 e. The molecule has 0 atom stereocenters. The molecule has 0 aliphatic carbocycles. The Balaban J connectivity index is 0.902. The van der Waals surface area contributed by atoms with Crippen LogP contribution < -0.4 is 4.90 Å². The Morgan fingerprint density at radius 1 is 0.274 bits per heavy atom. The van der Waals surface area contributed by atoms with E-state index in [0.29, 0.717) is 0 Å². The van der Waals surface area contributed by atoms with Crippen LogP contribution in [0.25, 0.3) is 116 Å². The molecule has 0 bridgehead atoms. The lowest BCUT2D eigenvalue weighted by Gasteiger charge is -2.28. The van der Waals surface area contributed by atoms with Gasteiger partial charge in [-0.3, -0.25) is 0 Å². The lowest BCUT2D eigenvalue weighted by molar-refractivity contribution is 0.669. The molecule has 0 radical (unpaired) electrons. The quantitative estimate of drug-likeness (QED) is 0.144. The van der Waals surface area contributed by atoms with Gasteiger partial charge in [0.2, 0.25) is 0 Å². The summed E-state index contributed by atoms with van der Waals surface area (Å²) in [5, 5.41) is 7.08. The molecule has 342 valence electrons. The van der Waals surface area contributed by atoms with Crippen LogP contribution in [-0.4, -0.2) is 4.57 Å². The number of hydrogen-bond donors (Lipinski definition) is 0. The van der Waals surface area contributed by atoms with E-state index in [-0.39, 0.29) is 0 Å². The number of anilines is 3. The molecule has 73 heavy (non-hydrogen) atoms. The second kappa shape index (κ2) is 17.6. The van der Waals surface area contributed by atoms with Gasteiger partial charge in [0.15, 0.2) is 0 Å². The number of hydrogen-bond acceptors (Lipinski definition) is 2. The molecule has 0 unspecified atom stereocenters. The first kappa shape index (κ1) is 42.2. The van der Waals surface area contributed by atoms with Crippen LogP contribution in [0, 0.1) is 0 Å². The number of nitrogens with zero attached hydrogens (tertiary/aromatic N) is 2. The van der Waals surface area contributed by atoms with Crippen molar-refractivity contribution in [2.24, 2.45) is 0 Å². The summed E-state index contributed by atoms with van der Waals surface area (Å²) in [5.74, 6) is 0. The van der Waals surface area contributed by atoms with E-state index in [9.17, 15) is 0 Å². The number of furan rings is 1. The van der Waals surface area contributed by atoms with Crippen molar-refractivity contribution in [2.45, 2.75) is 0 Å². The molecule has 12 aromatic carbocycles. The average Bonchev–Trinajstić information content (AvgIpc) is 4.01. The molecule has 3 heteroatoms. The van der Waals surface area contributed by atoms with Crippen LogP contribution >= 0.6 is 0 Å². The zero-order valence-electron chi connectivity index (χ0n) is 39.9. The first-order valence-electron chi connectivity index (χ1n) is 25.0. The normalized spacial score (nSPS) is 11.6. The van der Waals surface area contributed by atoms with Gasteiger partial charge in [-0.15, -0.1) is 0 Å². The summed E-state index contributed by atoms with van der Waals surface area (Å²) >= 11 is 0. The maximum Gasteiger partial charge on any atom is 0.136 e. The molecule has 0 amide bonds. The lowest BCUT2D eigenvalue weighted by Crippen LogP contribution is -2.11. The van der Waals surface area contributed by atoms with Crippen LogP contribution in [0.1, 0.15) is 0 Å². The molecular weight excluding hydrogens is 885 g/mol. The fourth-order valence-electron chi connectivity index (χ4n) is 11.1. The highest BCUT2D eigenvalue weighted by atomic mass is 16.3. The maximum atomic E-state index is 6.49. The van der Waals surface area contributed by atoms with Crippen LogP contribution in [0.3, 0.4) is 0 Å². The maximum absolute atomic E-state index is 6.49. The van der Waals surface area contributed by atoms with E-state index in [0.717, 1.165) is 72.5 Å². The molecule has 0 fully saturated rings. The van der Waals surface area contributed by atoms with Crippen molar-refractivity contribution in [3.05, 3.63) is 279 Å². The molecule has 0 aliphatic rings. The summed E-state index contributed by atoms with van der Waals surface area (Å²) in [4.78, 5) is 2.40. The predicted octanol–water partition coefficient (Wildman–Crippen LogP) is 19.6. The average molecular weight is 931 g/mol. The Bertz CT molecular complexity index is 4300. The minimum Gasteiger partial charge on any atom is -0.456 e.